The van der Waals surface area contributed by atoms with Gasteiger partial charge in [0.1, 0.15) is 0 Å². The smallest absolute Gasteiger partial charge is 0.346 e. The summed E-state index contributed by atoms with van der Waals surface area (Å²) in [6, 6.07) is 11.3. The summed E-state index contributed by atoms with van der Waals surface area (Å²) in [4.78, 5) is 49.3. The minimum absolute atomic E-state index is 0.0946. The van der Waals surface area contributed by atoms with Gasteiger partial charge in [-0.25, -0.2) is 19.2 Å². The Kier molecular flexibility index (Phi) is 3.99. The van der Waals surface area contributed by atoms with Crippen LogP contribution >= 0.6 is 0 Å². The summed E-state index contributed by atoms with van der Waals surface area (Å²) in [5.74, 6) is -3.85. The molecular weight excluding hydrogens is 436 g/mol. The molecule has 0 amide bonds. The van der Waals surface area contributed by atoms with Crippen molar-refractivity contribution in [1.82, 2.24) is 0 Å². The van der Waals surface area contributed by atoms with Gasteiger partial charge >= 0.3 is 23.9 Å². The van der Waals surface area contributed by atoms with Crippen LogP contribution in [0.1, 0.15) is 60.3 Å². The standard InChI is InChI=1S/C27H16O7/c1-2-3-11-10-18-22-17(26(32)34-27(18)33)9-5-13-12-4-7-15(24(28)29)21-16(25(30)31)8-6-14(20(12)21)19(11)23(13)22/h4-10H,2-3H2,1H3,(H,28,29)(H,30,31). The lowest BCUT2D eigenvalue weighted by atomic mass is 9.81. The van der Waals surface area contributed by atoms with Crippen molar-refractivity contribution in [3.05, 3.63) is 70.3 Å². The number of carboxylic acids is 2. The average molecular weight is 452 g/mol. The predicted octanol–water partition coefficient (Wildman–Crippen LogP) is 5.40. The van der Waals surface area contributed by atoms with Crippen molar-refractivity contribution in [1.29, 1.82) is 0 Å². The van der Waals surface area contributed by atoms with E-state index >= 15 is 0 Å². The van der Waals surface area contributed by atoms with E-state index in [2.05, 4.69) is 0 Å². The van der Waals surface area contributed by atoms with Crippen LogP contribution in [-0.2, 0) is 11.2 Å². The Morgan fingerprint density at radius 3 is 1.94 bits per heavy atom. The molecule has 7 heteroatoms. The minimum Gasteiger partial charge on any atom is -0.478 e. The number of aryl methyl sites for hydroxylation is 1. The zero-order valence-electron chi connectivity index (χ0n) is 17.9. The number of hydrogen-bond donors (Lipinski definition) is 2. The first kappa shape index (κ1) is 20.1. The molecule has 7 nitrogen and oxygen atoms in total. The van der Waals surface area contributed by atoms with Gasteiger partial charge in [0.2, 0.25) is 0 Å². The van der Waals surface area contributed by atoms with Crippen molar-refractivity contribution in [2.75, 3.05) is 0 Å². The zero-order valence-corrected chi connectivity index (χ0v) is 17.9. The molecule has 5 aromatic rings. The number of esters is 2. The molecule has 0 saturated heterocycles. The number of cyclic esters (lactones) is 2. The molecule has 0 aliphatic carbocycles. The lowest BCUT2D eigenvalue weighted by Gasteiger charge is -2.23. The Labute approximate surface area is 191 Å². The first-order valence-electron chi connectivity index (χ1n) is 10.8. The van der Waals surface area contributed by atoms with Gasteiger partial charge < -0.3 is 14.9 Å². The molecule has 0 atom stereocenters. The molecule has 0 radical (unpaired) electrons. The van der Waals surface area contributed by atoms with Crippen LogP contribution in [0.3, 0.4) is 0 Å². The van der Waals surface area contributed by atoms with Crippen molar-refractivity contribution in [2.45, 2.75) is 19.8 Å². The van der Waals surface area contributed by atoms with Crippen LogP contribution in [-0.4, -0.2) is 34.1 Å². The van der Waals surface area contributed by atoms with Gasteiger partial charge in [-0.15, -0.1) is 0 Å². The van der Waals surface area contributed by atoms with Crippen LogP contribution in [0.4, 0.5) is 0 Å². The van der Waals surface area contributed by atoms with E-state index in [1.54, 1.807) is 30.3 Å². The largest absolute Gasteiger partial charge is 0.478 e. The molecule has 0 saturated carbocycles. The van der Waals surface area contributed by atoms with Crippen LogP contribution in [0.2, 0.25) is 0 Å². The first-order valence-corrected chi connectivity index (χ1v) is 10.8. The van der Waals surface area contributed by atoms with Crippen LogP contribution in [0, 0.1) is 0 Å². The van der Waals surface area contributed by atoms with Gasteiger partial charge in [-0.3, -0.25) is 0 Å². The molecule has 0 unspecified atom stereocenters. The number of aromatic carboxylic acids is 2. The normalized spacial score (nSPS) is 13.3. The Morgan fingerprint density at radius 2 is 1.29 bits per heavy atom. The van der Waals surface area contributed by atoms with E-state index in [0.29, 0.717) is 44.5 Å². The van der Waals surface area contributed by atoms with E-state index in [4.69, 9.17) is 4.74 Å². The molecule has 0 bridgehead atoms. The Morgan fingerprint density at radius 1 is 0.706 bits per heavy atom. The molecule has 6 rings (SSSR count). The van der Waals surface area contributed by atoms with Gasteiger partial charge in [0.05, 0.1) is 22.3 Å². The number of rotatable bonds is 4. The van der Waals surface area contributed by atoms with E-state index in [1.807, 2.05) is 6.92 Å². The van der Waals surface area contributed by atoms with Gasteiger partial charge in [-0.05, 0) is 68.6 Å². The monoisotopic (exact) mass is 452 g/mol. The van der Waals surface area contributed by atoms with E-state index in [1.165, 1.54) is 12.1 Å². The fourth-order valence-electron chi connectivity index (χ4n) is 5.43. The molecule has 34 heavy (non-hydrogen) atoms. The third-order valence-corrected chi connectivity index (χ3v) is 6.69. The highest BCUT2D eigenvalue weighted by Gasteiger charge is 2.31. The van der Waals surface area contributed by atoms with Crippen molar-refractivity contribution in [3.63, 3.8) is 0 Å². The molecule has 166 valence electrons. The third kappa shape index (κ3) is 2.41. The second kappa shape index (κ2) is 6.74. The lowest BCUT2D eigenvalue weighted by Crippen LogP contribution is -2.20. The minimum atomic E-state index is -1.22. The molecule has 5 aromatic carbocycles. The number of benzene rings is 5. The van der Waals surface area contributed by atoms with Crippen LogP contribution in [0.5, 0.6) is 0 Å². The molecule has 1 aliphatic heterocycles. The Bertz CT molecular complexity index is 1760. The van der Waals surface area contributed by atoms with Gasteiger partial charge in [0.25, 0.3) is 0 Å². The van der Waals surface area contributed by atoms with Crippen molar-refractivity contribution in [3.8, 4) is 0 Å². The van der Waals surface area contributed by atoms with Crippen LogP contribution < -0.4 is 0 Å². The predicted molar refractivity (Wildman–Crippen MR) is 125 cm³/mol. The summed E-state index contributed by atoms with van der Waals surface area (Å²) in [6.07, 6.45) is 1.40. The summed E-state index contributed by atoms with van der Waals surface area (Å²) in [5, 5.41) is 24.5. The van der Waals surface area contributed by atoms with E-state index in [-0.39, 0.29) is 16.5 Å². The first-order chi connectivity index (χ1) is 16.3. The maximum Gasteiger partial charge on any atom is 0.346 e. The van der Waals surface area contributed by atoms with Gasteiger partial charge in [-0.2, -0.15) is 0 Å². The van der Waals surface area contributed by atoms with Crippen molar-refractivity contribution in [2.24, 2.45) is 0 Å². The maximum atomic E-state index is 12.7. The zero-order chi connectivity index (χ0) is 23.9. The van der Waals surface area contributed by atoms with Crippen molar-refractivity contribution < 1.29 is 34.1 Å². The summed E-state index contributed by atoms with van der Waals surface area (Å²) < 4.78 is 4.97. The second-order valence-corrected chi connectivity index (χ2v) is 8.48. The quantitative estimate of drug-likeness (QED) is 0.162. The SMILES string of the molecule is CCCc1cc2c3c(ccc4c5ccc(C(=O)O)c6c(C(=O)O)ccc(c1c34)c65)C(=O)OC2=O. The summed E-state index contributed by atoms with van der Waals surface area (Å²) in [5.41, 5.74) is 1.28. The number of carbonyl (C=O) groups is 4. The molecule has 0 fully saturated rings. The molecular formula is C27H16O7. The van der Waals surface area contributed by atoms with Gasteiger partial charge in [-0.1, -0.05) is 31.5 Å². The Hall–Kier alpha value is -4.52. The average Bonchev–Trinajstić information content (AvgIpc) is 2.80. The fraction of sp³-hybridized carbons (Fsp3) is 0.111. The maximum absolute atomic E-state index is 12.7. The molecule has 1 heterocycles. The van der Waals surface area contributed by atoms with Crippen molar-refractivity contribution >= 4 is 67.0 Å². The van der Waals surface area contributed by atoms with E-state index in [0.717, 1.165) is 22.8 Å². The van der Waals surface area contributed by atoms with Gasteiger partial charge in [0.15, 0.2) is 0 Å². The number of hydrogen-bond acceptors (Lipinski definition) is 5. The molecule has 1 aliphatic rings. The molecule has 0 aromatic heterocycles. The summed E-state index contributed by atoms with van der Waals surface area (Å²) >= 11 is 0. The van der Waals surface area contributed by atoms with Crippen LogP contribution in [0.25, 0.3) is 43.1 Å². The molecule has 0 spiro atoms. The third-order valence-electron chi connectivity index (χ3n) is 6.69. The highest BCUT2D eigenvalue weighted by Crippen LogP contribution is 2.46. The van der Waals surface area contributed by atoms with E-state index < -0.39 is 23.9 Å². The number of fused-ring (bicyclic) bond motifs is 2. The highest BCUT2D eigenvalue weighted by molar-refractivity contribution is 6.39. The summed E-state index contributed by atoms with van der Waals surface area (Å²) in [6.45, 7) is 2.00. The number of ether oxygens (including phenoxy) is 1. The number of carboxylic acid groups (broad SMARTS) is 2. The molecule has 2 N–H and O–H groups in total. The fourth-order valence-corrected chi connectivity index (χ4v) is 5.43. The van der Waals surface area contributed by atoms with Crippen LogP contribution in [0.15, 0.2) is 42.5 Å². The van der Waals surface area contributed by atoms with E-state index in [9.17, 15) is 29.4 Å². The lowest BCUT2D eigenvalue weighted by molar-refractivity contribution is 0.0390. The topological polar surface area (TPSA) is 118 Å². The number of carbonyl (C=O) groups excluding carboxylic acids is 2. The summed E-state index contributed by atoms with van der Waals surface area (Å²) in [7, 11) is 0. The van der Waals surface area contributed by atoms with Gasteiger partial charge in [0, 0.05) is 10.8 Å². The second-order valence-electron chi connectivity index (χ2n) is 8.48. The Balaban J connectivity index is 1.99. The highest BCUT2D eigenvalue weighted by atomic mass is 16.6.